The topological polar surface area (TPSA) is 42.2 Å². The monoisotopic (exact) mass is 259 g/mol. The van der Waals surface area contributed by atoms with Crippen LogP contribution in [0.5, 0.6) is 0 Å². The third-order valence-corrected chi connectivity index (χ3v) is 3.88. The molecule has 0 spiro atoms. The summed E-state index contributed by atoms with van der Waals surface area (Å²) in [5.74, 6) is 0. The fraction of sp³-hybridized carbons (Fsp3) is 0.143. The predicted octanol–water partition coefficient (Wildman–Crippen LogP) is 3.26. The highest BCUT2D eigenvalue weighted by Crippen LogP contribution is 2.29. The van der Waals surface area contributed by atoms with Crippen molar-refractivity contribution in [3.63, 3.8) is 0 Å². The number of hydrogen-bond donors (Lipinski definition) is 1. The van der Waals surface area contributed by atoms with E-state index >= 15 is 0 Å². The summed E-state index contributed by atoms with van der Waals surface area (Å²) in [6.07, 6.45) is 0.327. The minimum Gasteiger partial charge on any atom is -0.346 e. The fourth-order valence-corrected chi connectivity index (χ4v) is 2.87. The first-order chi connectivity index (χ1) is 8.77. The molecular formula is C14H14NO2P. The average molecular weight is 259 g/mol. The van der Waals surface area contributed by atoms with E-state index in [0.29, 0.717) is 12.7 Å². The summed E-state index contributed by atoms with van der Waals surface area (Å²) >= 11 is 0. The Bertz CT molecular complexity index is 680. The molecule has 0 saturated carbocycles. The Morgan fingerprint density at radius 3 is 1.94 bits per heavy atom. The van der Waals surface area contributed by atoms with Gasteiger partial charge in [0.2, 0.25) is 0 Å². The van der Waals surface area contributed by atoms with Crippen LogP contribution in [0.1, 0.15) is 0 Å². The Hall–Kier alpha value is -1.57. The zero-order chi connectivity index (χ0) is 12.5. The molecule has 4 heteroatoms. The number of para-hydroxylation sites is 2. The molecule has 3 nitrogen and oxygen atoms in total. The van der Waals surface area contributed by atoms with E-state index in [1.54, 1.807) is 0 Å². The normalized spacial score (nSPS) is 13.2. The maximum atomic E-state index is 10.9. The summed E-state index contributed by atoms with van der Waals surface area (Å²) in [4.78, 5) is 9.03. The van der Waals surface area contributed by atoms with Crippen LogP contribution in [0.25, 0.3) is 21.8 Å². The Kier molecular flexibility index (Phi) is 2.94. The van der Waals surface area contributed by atoms with E-state index in [1.807, 2.05) is 24.3 Å². The first-order valence-electron chi connectivity index (χ1n) is 5.95. The van der Waals surface area contributed by atoms with E-state index in [2.05, 4.69) is 28.8 Å². The van der Waals surface area contributed by atoms with E-state index in [4.69, 9.17) is 4.89 Å². The van der Waals surface area contributed by atoms with Gasteiger partial charge in [0.05, 0.1) is 0 Å². The molecule has 0 radical (unpaired) electrons. The molecule has 18 heavy (non-hydrogen) atoms. The highest BCUT2D eigenvalue weighted by molar-refractivity contribution is 7.37. The molecule has 0 saturated heterocycles. The molecular weight excluding hydrogens is 245 g/mol. The van der Waals surface area contributed by atoms with Crippen LogP contribution >= 0.6 is 8.03 Å². The van der Waals surface area contributed by atoms with Gasteiger partial charge in [0, 0.05) is 34.5 Å². The van der Waals surface area contributed by atoms with Crippen molar-refractivity contribution < 1.29 is 9.46 Å². The fourth-order valence-electron chi connectivity index (χ4n) is 2.45. The van der Waals surface area contributed by atoms with Gasteiger partial charge in [0.1, 0.15) is 0 Å². The number of benzene rings is 2. The lowest BCUT2D eigenvalue weighted by Gasteiger charge is -2.05. The minimum atomic E-state index is -2.42. The Balaban J connectivity index is 2.27. The Morgan fingerprint density at radius 1 is 0.944 bits per heavy atom. The zero-order valence-corrected chi connectivity index (χ0v) is 10.8. The van der Waals surface area contributed by atoms with Gasteiger partial charge >= 0.3 is 0 Å². The van der Waals surface area contributed by atoms with Gasteiger partial charge in [0.15, 0.2) is 8.03 Å². The van der Waals surface area contributed by atoms with Crippen LogP contribution in [0.4, 0.5) is 0 Å². The predicted molar refractivity (Wildman–Crippen MR) is 75.5 cm³/mol. The number of nitrogens with zero attached hydrogens (tertiary/aromatic N) is 1. The second-order valence-corrected chi connectivity index (χ2v) is 5.62. The van der Waals surface area contributed by atoms with Gasteiger partial charge in [-0.15, -0.1) is 0 Å². The SMILES string of the molecule is O=[PH](O)CCn1c2ccccc2c2ccccc21. The molecule has 0 aliphatic rings. The van der Waals surface area contributed by atoms with Crippen LogP contribution in [0.3, 0.4) is 0 Å². The molecule has 0 bridgehead atoms. The van der Waals surface area contributed by atoms with Crippen LogP contribution in [-0.2, 0) is 11.1 Å². The molecule has 2 aromatic carbocycles. The zero-order valence-electron chi connectivity index (χ0n) is 9.84. The van der Waals surface area contributed by atoms with Gasteiger partial charge in [0.25, 0.3) is 0 Å². The summed E-state index contributed by atoms with van der Waals surface area (Å²) in [5, 5.41) is 2.40. The molecule has 1 heterocycles. The van der Waals surface area contributed by atoms with E-state index in [9.17, 15) is 4.57 Å². The number of fused-ring (bicyclic) bond motifs is 3. The van der Waals surface area contributed by atoms with Gasteiger partial charge in [-0.05, 0) is 12.1 Å². The summed E-state index contributed by atoms with van der Waals surface area (Å²) in [6.45, 7) is 0.586. The third kappa shape index (κ3) is 1.86. The van der Waals surface area contributed by atoms with Crippen molar-refractivity contribution in [3.8, 4) is 0 Å². The lowest BCUT2D eigenvalue weighted by atomic mass is 10.2. The molecule has 1 aromatic heterocycles. The highest BCUT2D eigenvalue weighted by atomic mass is 31.1. The van der Waals surface area contributed by atoms with Crippen LogP contribution in [0, 0.1) is 0 Å². The van der Waals surface area contributed by atoms with Gasteiger partial charge in [-0.1, -0.05) is 36.4 Å². The van der Waals surface area contributed by atoms with Crippen molar-refractivity contribution >= 4 is 29.8 Å². The summed E-state index contributed by atoms with van der Waals surface area (Å²) in [6, 6.07) is 16.3. The van der Waals surface area contributed by atoms with Gasteiger partial charge in [-0.2, -0.15) is 0 Å². The lowest BCUT2D eigenvalue weighted by Crippen LogP contribution is -1.99. The van der Waals surface area contributed by atoms with Crippen molar-refractivity contribution in [2.45, 2.75) is 6.54 Å². The number of aromatic nitrogens is 1. The minimum absolute atomic E-state index is 0.327. The Labute approximate surface area is 106 Å². The van der Waals surface area contributed by atoms with Gasteiger partial charge in [-0.25, -0.2) is 0 Å². The summed E-state index contributed by atoms with van der Waals surface area (Å²) < 4.78 is 13.1. The van der Waals surface area contributed by atoms with E-state index in [0.717, 1.165) is 11.0 Å². The molecule has 92 valence electrons. The molecule has 3 rings (SSSR count). The number of aryl methyl sites for hydroxylation is 1. The third-order valence-electron chi connectivity index (χ3n) is 3.23. The molecule has 0 aliphatic carbocycles. The second-order valence-electron chi connectivity index (χ2n) is 4.33. The standard InChI is InChI=1S/C14H14NO2P/c16-18(17)10-9-15-13-7-3-1-5-11(13)12-6-2-4-8-14(12)15/h1-8,18H,9-10H2,(H,16,17). The van der Waals surface area contributed by atoms with Crippen LogP contribution in [0.2, 0.25) is 0 Å². The molecule has 1 N–H and O–H groups in total. The van der Waals surface area contributed by atoms with Crippen molar-refractivity contribution in [2.24, 2.45) is 0 Å². The van der Waals surface area contributed by atoms with Gasteiger partial charge in [-0.3, -0.25) is 4.57 Å². The van der Waals surface area contributed by atoms with Crippen molar-refractivity contribution in [3.05, 3.63) is 48.5 Å². The maximum absolute atomic E-state index is 10.9. The first-order valence-corrected chi connectivity index (χ1v) is 7.51. The smallest absolute Gasteiger partial charge is 0.190 e. The molecule has 0 aliphatic heterocycles. The summed E-state index contributed by atoms with van der Waals surface area (Å²) in [5.41, 5.74) is 2.25. The van der Waals surface area contributed by atoms with E-state index in [-0.39, 0.29) is 0 Å². The largest absolute Gasteiger partial charge is 0.346 e. The first kappa shape index (κ1) is 11.5. The van der Waals surface area contributed by atoms with Crippen LogP contribution in [-0.4, -0.2) is 15.6 Å². The van der Waals surface area contributed by atoms with Crippen LogP contribution < -0.4 is 0 Å². The number of hydrogen-bond acceptors (Lipinski definition) is 1. The van der Waals surface area contributed by atoms with Crippen molar-refractivity contribution in [2.75, 3.05) is 6.16 Å². The molecule has 0 fully saturated rings. The molecule has 1 unspecified atom stereocenters. The molecule has 3 aromatic rings. The Morgan fingerprint density at radius 2 is 1.44 bits per heavy atom. The quantitative estimate of drug-likeness (QED) is 0.733. The van der Waals surface area contributed by atoms with Crippen LogP contribution in [0.15, 0.2) is 48.5 Å². The molecule has 0 amide bonds. The summed E-state index contributed by atoms with van der Waals surface area (Å²) in [7, 11) is -2.42. The second kappa shape index (κ2) is 4.60. The number of rotatable bonds is 3. The highest BCUT2D eigenvalue weighted by Gasteiger charge is 2.09. The van der Waals surface area contributed by atoms with Crippen molar-refractivity contribution in [1.82, 2.24) is 4.57 Å². The van der Waals surface area contributed by atoms with E-state index in [1.165, 1.54) is 10.8 Å². The van der Waals surface area contributed by atoms with E-state index < -0.39 is 8.03 Å². The molecule has 1 atom stereocenters. The van der Waals surface area contributed by atoms with Gasteiger partial charge < -0.3 is 9.46 Å². The maximum Gasteiger partial charge on any atom is 0.190 e. The van der Waals surface area contributed by atoms with Crippen molar-refractivity contribution in [1.29, 1.82) is 0 Å². The lowest BCUT2D eigenvalue weighted by molar-refractivity contribution is 0.499. The average Bonchev–Trinajstić information content (AvgIpc) is 2.71.